The third-order valence-corrected chi connectivity index (χ3v) is 3.15. The molecular weight excluding hydrogens is 289 g/mol. The Kier molecular flexibility index (Phi) is 3.80. The molecule has 82 valence electrons. The zero-order valence-electron chi connectivity index (χ0n) is 8.36. The number of nitrogens with zero attached hydrogens (tertiary/aromatic N) is 1. The van der Waals surface area contributed by atoms with Gasteiger partial charge in [-0.25, -0.2) is 4.98 Å². The third kappa shape index (κ3) is 2.97. The fourth-order valence-corrected chi connectivity index (χ4v) is 1.65. The van der Waals surface area contributed by atoms with Crippen LogP contribution in [-0.4, -0.2) is 4.98 Å². The van der Waals surface area contributed by atoms with Crippen LogP contribution in [0.1, 0.15) is 5.56 Å². The van der Waals surface area contributed by atoms with Gasteiger partial charge in [-0.15, -0.1) is 0 Å². The maximum Gasteiger partial charge on any atom is 0.143 e. The van der Waals surface area contributed by atoms with Crippen molar-refractivity contribution in [1.82, 2.24) is 4.98 Å². The second-order valence-corrected chi connectivity index (χ2v) is 4.43. The van der Waals surface area contributed by atoms with E-state index in [1.165, 1.54) is 0 Å². The molecule has 0 atom stereocenters. The highest BCUT2D eigenvalue weighted by Gasteiger charge is 2.01. The van der Waals surface area contributed by atoms with Gasteiger partial charge in [-0.05, 0) is 27.6 Å². The molecule has 0 amide bonds. The SMILES string of the molecule is Clc1ncc(OCc2ccccc2)cc1Br. The van der Waals surface area contributed by atoms with E-state index in [-0.39, 0.29) is 0 Å². The number of aromatic nitrogens is 1. The molecule has 2 nitrogen and oxygen atoms in total. The minimum absolute atomic E-state index is 0.437. The summed E-state index contributed by atoms with van der Waals surface area (Å²) < 4.78 is 6.31. The lowest BCUT2D eigenvalue weighted by atomic mass is 10.2. The normalized spacial score (nSPS) is 10.1. The number of ether oxygens (including phenoxy) is 1. The van der Waals surface area contributed by atoms with E-state index < -0.39 is 0 Å². The van der Waals surface area contributed by atoms with Gasteiger partial charge in [0.05, 0.1) is 10.7 Å². The molecule has 0 spiro atoms. The highest BCUT2D eigenvalue weighted by Crippen LogP contribution is 2.24. The maximum atomic E-state index is 5.78. The number of halogens is 2. The van der Waals surface area contributed by atoms with E-state index in [9.17, 15) is 0 Å². The lowest BCUT2D eigenvalue weighted by molar-refractivity contribution is 0.305. The predicted octanol–water partition coefficient (Wildman–Crippen LogP) is 4.08. The van der Waals surface area contributed by atoms with Crippen molar-refractivity contribution >= 4 is 27.5 Å². The summed E-state index contributed by atoms with van der Waals surface area (Å²) in [4.78, 5) is 3.98. The van der Waals surface area contributed by atoms with Gasteiger partial charge in [0.1, 0.15) is 17.5 Å². The monoisotopic (exact) mass is 297 g/mol. The molecule has 2 rings (SSSR count). The second-order valence-electron chi connectivity index (χ2n) is 3.22. The molecule has 2 aromatic rings. The summed E-state index contributed by atoms with van der Waals surface area (Å²) in [5.74, 6) is 0.695. The van der Waals surface area contributed by atoms with Crippen molar-refractivity contribution in [2.24, 2.45) is 0 Å². The van der Waals surface area contributed by atoms with Crippen molar-refractivity contribution in [1.29, 1.82) is 0 Å². The van der Waals surface area contributed by atoms with Crippen LogP contribution in [0.3, 0.4) is 0 Å². The van der Waals surface area contributed by atoms with Crippen LogP contribution in [0.4, 0.5) is 0 Å². The lowest BCUT2D eigenvalue weighted by Crippen LogP contribution is -1.95. The Bertz CT molecular complexity index is 476. The highest BCUT2D eigenvalue weighted by atomic mass is 79.9. The summed E-state index contributed by atoms with van der Waals surface area (Å²) in [5, 5.41) is 0.437. The summed E-state index contributed by atoms with van der Waals surface area (Å²) in [6.45, 7) is 0.524. The van der Waals surface area contributed by atoms with Crippen LogP contribution in [0, 0.1) is 0 Å². The molecule has 0 bridgehead atoms. The Hall–Kier alpha value is -1.06. The van der Waals surface area contributed by atoms with Crippen molar-refractivity contribution in [3.63, 3.8) is 0 Å². The van der Waals surface area contributed by atoms with E-state index in [0.717, 1.165) is 10.0 Å². The van der Waals surface area contributed by atoms with Crippen molar-refractivity contribution in [2.75, 3.05) is 0 Å². The molecule has 0 radical (unpaired) electrons. The van der Waals surface area contributed by atoms with Crippen LogP contribution in [-0.2, 0) is 6.61 Å². The van der Waals surface area contributed by atoms with E-state index in [1.807, 2.05) is 30.3 Å². The average Bonchev–Trinajstić information content (AvgIpc) is 2.32. The Morgan fingerprint density at radius 3 is 2.69 bits per heavy atom. The smallest absolute Gasteiger partial charge is 0.143 e. The number of pyridine rings is 1. The standard InChI is InChI=1S/C12H9BrClNO/c13-11-6-10(7-15-12(11)14)16-8-9-4-2-1-3-5-9/h1-7H,8H2. The van der Waals surface area contributed by atoms with Gasteiger partial charge in [0.2, 0.25) is 0 Å². The van der Waals surface area contributed by atoms with Crippen LogP contribution in [0.25, 0.3) is 0 Å². The Balaban J connectivity index is 2.03. The van der Waals surface area contributed by atoms with Crippen molar-refractivity contribution < 1.29 is 4.74 Å². The molecule has 4 heteroatoms. The minimum atomic E-state index is 0.437. The van der Waals surface area contributed by atoms with Gasteiger partial charge in [0.15, 0.2) is 0 Å². The van der Waals surface area contributed by atoms with Gasteiger partial charge >= 0.3 is 0 Å². The zero-order chi connectivity index (χ0) is 11.4. The van der Waals surface area contributed by atoms with Gasteiger partial charge in [0, 0.05) is 0 Å². The minimum Gasteiger partial charge on any atom is -0.487 e. The molecule has 0 fully saturated rings. The second kappa shape index (κ2) is 5.32. The average molecular weight is 299 g/mol. The highest BCUT2D eigenvalue weighted by molar-refractivity contribution is 9.10. The molecule has 0 saturated carbocycles. The first kappa shape index (κ1) is 11.4. The Labute approximate surface area is 107 Å². The zero-order valence-corrected chi connectivity index (χ0v) is 10.7. The molecule has 16 heavy (non-hydrogen) atoms. The first-order valence-electron chi connectivity index (χ1n) is 4.73. The molecule has 0 aliphatic carbocycles. The Morgan fingerprint density at radius 2 is 2.00 bits per heavy atom. The number of rotatable bonds is 3. The van der Waals surface area contributed by atoms with Crippen molar-refractivity contribution in [3.8, 4) is 5.75 Å². The van der Waals surface area contributed by atoms with Crippen molar-refractivity contribution in [2.45, 2.75) is 6.61 Å². The summed E-state index contributed by atoms with van der Waals surface area (Å²) in [6.07, 6.45) is 1.61. The van der Waals surface area contributed by atoms with Gasteiger partial charge in [-0.3, -0.25) is 0 Å². The lowest BCUT2D eigenvalue weighted by Gasteiger charge is -2.06. The van der Waals surface area contributed by atoms with E-state index in [0.29, 0.717) is 17.5 Å². The van der Waals surface area contributed by atoms with E-state index >= 15 is 0 Å². The largest absolute Gasteiger partial charge is 0.487 e. The molecule has 0 saturated heterocycles. The van der Waals surface area contributed by atoms with Crippen LogP contribution in [0.5, 0.6) is 5.75 Å². The van der Waals surface area contributed by atoms with Crippen LogP contribution in [0.2, 0.25) is 5.15 Å². The molecule has 0 unspecified atom stereocenters. The quantitative estimate of drug-likeness (QED) is 0.797. The third-order valence-electron chi connectivity index (χ3n) is 2.02. The first-order chi connectivity index (χ1) is 7.75. The van der Waals surface area contributed by atoms with Crippen molar-refractivity contribution in [3.05, 3.63) is 57.8 Å². The summed E-state index contributed by atoms with van der Waals surface area (Å²) >= 11 is 9.08. The van der Waals surface area contributed by atoms with E-state index in [1.54, 1.807) is 12.3 Å². The van der Waals surface area contributed by atoms with E-state index in [2.05, 4.69) is 20.9 Å². The first-order valence-corrected chi connectivity index (χ1v) is 5.90. The fourth-order valence-electron chi connectivity index (χ4n) is 1.22. The molecule has 1 heterocycles. The van der Waals surface area contributed by atoms with Gasteiger partial charge in [0.25, 0.3) is 0 Å². The molecule has 0 aliphatic heterocycles. The number of hydrogen-bond acceptors (Lipinski definition) is 2. The van der Waals surface area contributed by atoms with E-state index in [4.69, 9.17) is 16.3 Å². The summed E-state index contributed by atoms with van der Waals surface area (Å²) in [7, 11) is 0. The fraction of sp³-hybridized carbons (Fsp3) is 0.0833. The molecule has 1 aromatic heterocycles. The molecule has 0 aliphatic rings. The van der Waals surface area contributed by atoms with Crippen LogP contribution < -0.4 is 4.74 Å². The van der Waals surface area contributed by atoms with Gasteiger partial charge < -0.3 is 4.74 Å². The Morgan fingerprint density at radius 1 is 1.25 bits per heavy atom. The van der Waals surface area contributed by atoms with Gasteiger partial charge in [-0.2, -0.15) is 0 Å². The molecular formula is C12H9BrClNO. The van der Waals surface area contributed by atoms with Crippen LogP contribution >= 0.6 is 27.5 Å². The number of benzene rings is 1. The maximum absolute atomic E-state index is 5.78. The van der Waals surface area contributed by atoms with Gasteiger partial charge in [-0.1, -0.05) is 41.9 Å². The predicted molar refractivity (Wildman–Crippen MR) is 67.7 cm³/mol. The summed E-state index contributed by atoms with van der Waals surface area (Å²) in [6, 6.07) is 11.8. The topological polar surface area (TPSA) is 22.1 Å². The molecule has 1 aromatic carbocycles. The molecule has 0 N–H and O–H groups in total. The number of hydrogen-bond donors (Lipinski definition) is 0. The summed E-state index contributed by atoms with van der Waals surface area (Å²) in [5.41, 5.74) is 1.12. The van der Waals surface area contributed by atoms with Crippen LogP contribution in [0.15, 0.2) is 47.1 Å².